The summed E-state index contributed by atoms with van der Waals surface area (Å²) in [6.45, 7) is 0. The lowest BCUT2D eigenvalue weighted by atomic mass is 10.0. The predicted octanol–water partition coefficient (Wildman–Crippen LogP) is 1.92. The molecule has 0 bridgehead atoms. The Bertz CT molecular complexity index is 488. The van der Waals surface area contributed by atoms with Gasteiger partial charge in [0.25, 0.3) is 0 Å². The van der Waals surface area contributed by atoms with Crippen molar-refractivity contribution in [2.24, 2.45) is 5.84 Å². The van der Waals surface area contributed by atoms with E-state index in [9.17, 15) is 12.8 Å². The predicted molar refractivity (Wildman–Crippen MR) is 73.1 cm³/mol. The molecule has 0 fully saturated rings. The molecule has 0 spiro atoms. The highest BCUT2D eigenvalue weighted by molar-refractivity contribution is 9.10. The SMILES string of the molecule is CS(=O)(=O)CCCC(NN)c1cc(F)cc(Br)c1. The number of rotatable bonds is 6. The standard InChI is InChI=1S/C11H16BrFN2O2S/c1-18(16,17)4-2-3-11(15-14)8-5-9(12)7-10(13)6-8/h5-7,11,15H,2-4,14H2,1H3. The van der Waals surface area contributed by atoms with E-state index in [-0.39, 0.29) is 17.6 Å². The Kier molecular flexibility index (Phi) is 5.71. The first-order valence-corrected chi connectivity index (χ1v) is 8.27. The fourth-order valence-corrected chi connectivity index (χ4v) is 2.85. The smallest absolute Gasteiger partial charge is 0.147 e. The van der Waals surface area contributed by atoms with Crippen LogP contribution in [0.3, 0.4) is 0 Å². The van der Waals surface area contributed by atoms with Crippen molar-refractivity contribution in [3.63, 3.8) is 0 Å². The van der Waals surface area contributed by atoms with Crippen molar-refractivity contribution >= 4 is 25.8 Å². The maximum atomic E-state index is 13.2. The third kappa shape index (κ3) is 5.43. The number of hydrogen-bond donors (Lipinski definition) is 2. The van der Waals surface area contributed by atoms with Crippen LogP contribution >= 0.6 is 15.9 Å². The summed E-state index contributed by atoms with van der Waals surface area (Å²) in [6, 6.07) is 4.23. The Morgan fingerprint density at radius 2 is 2.11 bits per heavy atom. The van der Waals surface area contributed by atoms with Gasteiger partial charge in [-0.05, 0) is 36.6 Å². The molecule has 102 valence electrons. The second kappa shape index (κ2) is 6.60. The third-order valence-corrected chi connectivity index (χ3v) is 3.98. The summed E-state index contributed by atoms with van der Waals surface area (Å²) in [5.41, 5.74) is 3.27. The lowest BCUT2D eigenvalue weighted by Crippen LogP contribution is -2.28. The number of sulfone groups is 1. The molecule has 0 aliphatic heterocycles. The molecule has 1 atom stereocenters. The van der Waals surface area contributed by atoms with Gasteiger partial charge >= 0.3 is 0 Å². The average Bonchev–Trinajstić information content (AvgIpc) is 2.21. The van der Waals surface area contributed by atoms with Crippen LogP contribution in [0.1, 0.15) is 24.4 Å². The molecule has 0 aliphatic rings. The molecule has 7 heteroatoms. The van der Waals surface area contributed by atoms with Gasteiger partial charge < -0.3 is 0 Å². The lowest BCUT2D eigenvalue weighted by molar-refractivity contribution is 0.503. The van der Waals surface area contributed by atoms with E-state index < -0.39 is 9.84 Å². The van der Waals surface area contributed by atoms with Gasteiger partial charge in [-0.1, -0.05) is 15.9 Å². The van der Waals surface area contributed by atoms with E-state index in [2.05, 4.69) is 21.4 Å². The molecule has 4 nitrogen and oxygen atoms in total. The highest BCUT2D eigenvalue weighted by Gasteiger charge is 2.13. The van der Waals surface area contributed by atoms with E-state index in [0.717, 1.165) is 0 Å². The molecule has 18 heavy (non-hydrogen) atoms. The molecular weight excluding hydrogens is 323 g/mol. The van der Waals surface area contributed by atoms with E-state index in [4.69, 9.17) is 5.84 Å². The quantitative estimate of drug-likeness (QED) is 0.614. The Labute approximate surface area is 115 Å². The van der Waals surface area contributed by atoms with Crippen molar-refractivity contribution in [3.8, 4) is 0 Å². The van der Waals surface area contributed by atoms with Crippen LogP contribution in [-0.4, -0.2) is 20.4 Å². The Hall–Kier alpha value is -0.500. The van der Waals surface area contributed by atoms with Gasteiger partial charge in [0, 0.05) is 22.5 Å². The Morgan fingerprint density at radius 1 is 1.44 bits per heavy atom. The number of hydrogen-bond acceptors (Lipinski definition) is 4. The van der Waals surface area contributed by atoms with Gasteiger partial charge in [0.05, 0.1) is 0 Å². The van der Waals surface area contributed by atoms with Crippen molar-refractivity contribution in [1.29, 1.82) is 0 Å². The van der Waals surface area contributed by atoms with Crippen LogP contribution in [0.4, 0.5) is 4.39 Å². The summed E-state index contributed by atoms with van der Waals surface area (Å²) < 4.78 is 35.9. The van der Waals surface area contributed by atoms with E-state index in [1.165, 1.54) is 18.4 Å². The number of nitrogens with one attached hydrogen (secondary N) is 1. The molecule has 0 heterocycles. The Morgan fingerprint density at radius 3 is 2.61 bits per heavy atom. The second-order valence-electron chi connectivity index (χ2n) is 4.19. The number of nitrogens with two attached hydrogens (primary N) is 1. The topological polar surface area (TPSA) is 72.2 Å². The van der Waals surface area contributed by atoms with E-state index in [1.54, 1.807) is 6.07 Å². The van der Waals surface area contributed by atoms with Crippen LogP contribution in [0.25, 0.3) is 0 Å². The second-order valence-corrected chi connectivity index (χ2v) is 7.37. The van der Waals surface area contributed by atoms with Crippen molar-refractivity contribution in [2.45, 2.75) is 18.9 Å². The highest BCUT2D eigenvalue weighted by Crippen LogP contribution is 2.23. The fraction of sp³-hybridized carbons (Fsp3) is 0.455. The minimum absolute atomic E-state index is 0.0989. The molecule has 1 unspecified atom stereocenters. The molecule has 0 saturated heterocycles. The van der Waals surface area contributed by atoms with Crippen LogP contribution in [0.2, 0.25) is 0 Å². The third-order valence-electron chi connectivity index (χ3n) is 2.50. The summed E-state index contributed by atoms with van der Waals surface area (Å²) in [5.74, 6) is 5.16. The normalized spacial score (nSPS) is 13.6. The van der Waals surface area contributed by atoms with Crippen LogP contribution in [0, 0.1) is 5.82 Å². The zero-order valence-electron chi connectivity index (χ0n) is 9.99. The summed E-state index contributed by atoms with van der Waals surface area (Å²) in [5, 5.41) is 0. The van der Waals surface area contributed by atoms with Gasteiger partial charge in [0.2, 0.25) is 0 Å². The monoisotopic (exact) mass is 338 g/mol. The molecular formula is C11H16BrFN2O2S. The summed E-state index contributed by atoms with van der Waals surface area (Å²) in [6.07, 6.45) is 2.19. The van der Waals surface area contributed by atoms with Crippen molar-refractivity contribution < 1.29 is 12.8 Å². The van der Waals surface area contributed by atoms with Gasteiger partial charge in [-0.2, -0.15) is 0 Å². The molecule has 0 radical (unpaired) electrons. The minimum atomic E-state index is -2.98. The van der Waals surface area contributed by atoms with Crippen LogP contribution in [-0.2, 0) is 9.84 Å². The van der Waals surface area contributed by atoms with Crippen LogP contribution < -0.4 is 11.3 Å². The average molecular weight is 339 g/mol. The maximum Gasteiger partial charge on any atom is 0.147 e. The first-order chi connectivity index (χ1) is 8.31. The van der Waals surface area contributed by atoms with E-state index in [0.29, 0.717) is 22.9 Å². The first-order valence-electron chi connectivity index (χ1n) is 5.41. The van der Waals surface area contributed by atoms with E-state index >= 15 is 0 Å². The number of hydrazine groups is 1. The van der Waals surface area contributed by atoms with Gasteiger partial charge in [-0.15, -0.1) is 0 Å². The van der Waals surface area contributed by atoms with Gasteiger partial charge in [-0.3, -0.25) is 11.3 Å². The Balaban J connectivity index is 2.71. The molecule has 0 amide bonds. The zero-order valence-corrected chi connectivity index (χ0v) is 12.4. The van der Waals surface area contributed by atoms with Crippen LogP contribution in [0.5, 0.6) is 0 Å². The van der Waals surface area contributed by atoms with Crippen LogP contribution in [0.15, 0.2) is 22.7 Å². The summed E-state index contributed by atoms with van der Waals surface area (Å²) >= 11 is 3.21. The molecule has 3 N–H and O–H groups in total. The highest BCUT2D eigenvalue weighted by atomic mass is 79.9. The maximum absolute atomic E-state index is 13.2. The molecule has 1 aromatic rings. The fourth-order valence-electron chi connectivity index (χ4n) is 1.67. The molecule has 1 rings (SSSR count). The largest absolute Gasteiger partial charge is 0.271 e. The van der Waals surface area contributed by atoms with Crippen molar-refractivity contribution in [3.05, 3.63) is 34.1 Å². The molecule has 0 aliphatic carbocycles. The lowest BCUT2D eigenvalue weighted by Gasteiger charge is -2.16. The number of halogens is 2. The molecule has 1 aromatic carbocycles. The zero-order chi connectivity index (χ0) is 13.8. The van der Waals surface area contributed by atoms with Gasteiger partial charge in [0.15, 0.2) is 0 Å². The summed E-state index contributed by atoms with van der Waals surface area (Å²) in [4.78, 5) is 0. The van der Waals surface area contributed by atoms with Gasteiger partial charge in [-0.25, -0.2) is 12.8 Å². The summed E-state index contributed by atoms with van der Waals surface area (Å²) in [7, 11) is -2.98. The number of benzene rings is 1. The minimum Gasteiger partial charge on any atom is -0.271 e. The molecule has 0 aromatic heterocycles. The first kappa shape index (κ1) is 15.6. The van der Waals surface area contributed by atoms with Crippen molar-refractivity contribution in [2.75, 3.05) is 12.0 Å². The van der Waals surface area contributed by atoms with Crippen molar-refractivity contribution in [1.82, 2.24) is 5.43 Å². The van der Waals surface area contributed by atoms with Gasteiger partial charge in [0.1, 0.15) is 15.7 Å². The molecule has 0 saturated carbocycles. The van der Waals surface area contributed by atoms with E-state index in [1.807, 2.05) is 0 Å².